The van der Waals surface area contributed by atoms with Gasteiger partial charge in [0.05, 0.1) is 0 Å². The fourth-order valence-electron chi connectivity index (χ4n) is 3.10. The zero-order valence-electron chi connectivity index (χ0n) is 13.4. The molecule has 1 amide bonds. The number of rotatable bonds is 4. The molecule has 0 unspecified atom stereocenters. The van der Waals surface area contributed by atoms with E-state index in [0.717, 1.165) is 43.6 Å². The average molecular weight is 310 g/mol. The summed E-state index contributed by atoms with van der Waals surface area (Å²) in [5.41, 5.74) is 1.90. The maximum atomic E-state index is 12.5. The number of hydrogen-bond donors (Lipinski definition) is 0. The van der Waals surface area contributed by atoms with E-state index < -0.39 is 0 Å². The number of amides is 1. The van der Waals surface area contributed by atoms with E-state index in [1.165, 1.54) is 0 Å². The van der Waals surface area contributed by atoms with Crippen molar-refractivity contribution < 1.29 is 4.79 Å². The van der Waals surface area contributed by atoms with Gasteiger partial charge >= 0.3 is 0 Å². The zero-order chi connectivity index (χ0) is 16.1. The van der Waals surface area contributed by atoms with E-state index >= 15 is 0 Å². The molecule has 0 radical (unpaired) electrons. The van der Waals surface area contributed by atoms with Gasteiger partial charge in [0.1, 0.15) is 6.33 Å². The van der Waals surface area contributed by atoms with Crippen LogP contribution in [0.4, 0.5) is 0 Å². The topological polar surface area (TPSA) is 49.3 Å². The van der Waals surface area contributed by atoms with Crippen LogP contribution in [-0.2, 0) is 6.54 Å². The molecule has 3 rings (SSSR count). The predicted octanol–water partition coefficient (Wildman–Crippen LogP) is 2.21. The van der Waals surface area contributed by atoms with Crippen molar-refractivity contribution in [2.75, 3.05) is 20.1 Å². The molecule has 2 heterocycles. The Morgan fingerprint density at radius 2 is 1.83 bits per heavy atom. The van der Waals surface area contributed by atoms with Crippen molar-refractivity contribution in [3.63, 3.8) is 0 Å². The quantitative estimate of drug-likeness (QED) is 0.869. The van der Waals surface area contributed by atoms with Crippen LogP contribution in [-0.4, -0.2) is 51.9 Å². The van der Waals surface area contributed by atoms with E-state index in [4.69, 9.17) is 0 Å². The van der Waals surface area contributed by atoms with Gasteiger partial charge in [-0.25, -0.2) is 9.97 Å². The molecule has 0 aliphatic carbocycles. The third-order valence-corrected chi connectivity index (χ3v) is 4.44. The Labute approximate surface area is 137 Å². The summed E-state index contributed by atoms with van der Waals surface area (Å²) in [6, 6.07) is 10.0. The van der Waals surface area contributed by atoms with E-state index in [1.807, 2.05) is 47.6 Å². The minimum atomic E-state index is 0.142. The Kier molecular flexibility index (Phi) is 4.98. The van der Waals surface area contributed by atoms with Crippen LogP contribution in [0.15, 0.2) is 49.1 Å². The second-order valence-electron chi connectivity index (χ2n) is 6.05. The monoisotopic (exact) mass is 310 g/mol. The normalized spacial score (nSPS) is 15.8. The van der Waals surface area contributed by atoms with Gasteiger partial charge < -0.3 is 4.90 Å². The number of carbonyl (C=O) groups excluding carboxylic acids is 1. The van der Waals surface area contributed by atoms with E-state index in [2.05, 4.69) is 21.9 Å². The standard InChI is InChI=1S/C18H22N4O/c1-21(13-15-11-19-14-20-12-15)17-7-9-22(10-8-17)18(23)16-5-3-2-4-6-16/h2-6,11-12,14,17H,7-10,13H2,1H3. The molecule has 23 heavy (non-hydrogen) atoms. The molecular formula is C18H22N4O. The van der Waals surface area contributed by atoms with Crippen LogP contribution in [0.3, 0.4) is 0 Å². The minimum Gasteiger partial charge on any atom is -0.339 e. The highest BCUT2D eigenvalue weighted by atomic mass is 16.2. The first-order chi connectivity index (χ1) is 11.2. The minimum absolute atomic E-state index is 0.142. The molecule has 0 N–H and O–H groups in total. The Morgan fingerprint density at radius 1 is 1.17 bits per heavy atom. The number of likely N-dealkylation sites (tertiary alicyclic amines) is 1. The van der Waals surface area contributed by atoms with Gasteiger partial charge in [-0.05, 0) is 32.0 Å². The van der Waals surface area contributed by atoms with Crippen LogP contribution < -0.4 is 0 Å². The maximum absolute atomic E-state index is 12.5. The van der Waals surface area contributed by atoms with E-state index in [-0.39, 0.29) is 5.91 Å². The molecule has 1 aliphatic heterocycles. The van der Waals surface area contributed by atoms with Crippen LogP contribution in [0.25, 0.3) is 0 Å². The van der Waals surface area contributed by atoms with Crippen LogP contribution in [0.1, 0.15) is 28.8 Å². The summed E-state index contributed by atoms with van der Waals surface area (Å²) in [6.45, 7) is 2.47. The van der Waals surface area contributed by atoms with Crippen LogP contribution in [0, 0.1) is 0 Å². The maximum Gasteiger partial charge on any atom is 0.253 e. The Bertz CT molecular complexity index is 624. The number of hydrogen-bond acceptors (Lipinski definition) is 4. The fourth-order valence-corrected chi connectivity index (χ4v) is 3.10. The lowest BCUT2D eigenvalue weighted by atomic mass is 10.0. The van der Waals surface area contributed by atoms with Crippen LogP contribution in [0.5, 0.6) is 0 Å². The van der Waals surface area contributed by atoms with Crippen molar-refractivity contribution in [3.05, 3.63) is 60.2 Å². The second kappa shape index (κ2) is 7.33. The number of benzene rings is 1. The molecule has 120 valence electrons. The van der Waals surface area contributed by atoms with Gasteiger partial charge in [-0.2, -0.15) is 0 Å². The summed E-state index contributed by atoms with van der Waals surface area (Å²) < 4.78 is 0. The van der Waals surface area contributed by atoms with Crippen molar-refractivity contribution in [2.24, 2.45) is 0 Å². The summed E-state index contributed by atoms with van der Waals surface area (Å²) in [7, 11) is 2.13. The lowest BCUT2D eigenvalue weighted by Gasteiger charge is -2.36. The molecule has 1 aliphatic rings. The van der Waals surface area contributed by atoms with Crippen molar-refractivity contribution in [3.8, 4) is 0 Å². The lowest BCUT2D eigenvalue weighted by Crippen LogP contribution is -2.45. The van der Waals surface area contributed by atoms with Gasteiger partial charge in [0.15, 0.2) is 0 Å². The first-order valence-electron chi connectivity index (χ1n) is 8.02. The SMILES string of the molecule is CN(Cc1cncnc1)C1CCN(C(=O)c2ccccc2)CC1. The third kappa shape index (κ3) is 3.93. The smallest absolute Gasteiger partial charge is 0.253 e. The zero-order valence-corrected chi connectivity index (χ0v) is 13.4. The summed E-state index contributed by atoms with van der Waals surface area (Å²) in [4.78, 5) is 24.9. The average Bonchev–Trinajstić information content (AvgIpc) is 2.63. The third-order valence-electron chi connectivity index (χ3n) is 4.44. The molecule has 5 heteroatoms. The highest BCUT2D eigenvalue weighted by molar-refractivity contribution is 5.94. The summed E-state index contributed by atoms with van der Waals surface area (Å²) in [5, 5.41) is 0. The molecule has 0 bridgehead atoms. The van der Waals surface area contributed by atoms with Crippen LogP contribution >= 0.6 is 0 Å². The molecule has 1 aromatic carbocycles. The predicted molar refractivity (Wildman–Crippen MR) is 88.9 cm³/mol. The van der Waals surface area contributed by atoms with Crippen molar-refractivity contribution in [2.45, 2.75) is 25.4 Å². The number of aromatic nitrogens is 2. The molecule has 1 saturated heterocycles. The molecule has 2 aromatic rings. The Hall–Kier alpha value is -2.27. The lowest BCUT2D eigenvalue weighted by molar-refractivity contribution is 0.0639. The molecule has 5 nitrogen and oxygen atoms in total. The van der Waals surface area contributed by atoms with Gasteiger partial charge in [0.2, 0.25) is 0 Å². The largest absolute Gasteiger partial charge is 0.339 e. The first kappa shape index (κ1) is 15.6. The summed E-state index contributed by atoms with van der Waals surface area (Å²) >= 11 is 0. The highest BCUT2D eigenvalue weighted by Crippen LogP contribution is 2.19. The molecule has 0 saturated carbocycles. The van der Waals surface area contributed by atoms with Crippen molar-refractivity contribution in [1.29, 1.82) is 0 Å². The Balaban J connectivity index is 1.53. The van der Waals surface area contributed by atoms with Gasteiger partial charge in [-0.3, -0.25) is 9.69 Å². The molecular weight excluding hydrogens is 288 g/mol. The van der Waals surface area contributed by atoms with Gasteiger partial charge in [0.25, 0.3) is 5.91 Å². The van der Waals surface area contributed by atoms with Gasteiger partial charge in [0, 0.05) is 49.2 Å². The van der Waals surface area contributed by atoms with E-state index in [9.17, 15) is 4.79 Å². The fraction of sp³-hybridized carbons (Fsp3) is 0.389. The molecule has 1 aromatic heterocycles. The Morgan fingerprint density at radius 3 is 2.48 bits per heavy atom. The van der Waals surface area contributed by atoms with Crippen molar-refractivity contribution in [1.82, 2.24) is 19.8 Å². The van der Waals surface area contributed by atoms with E-state index in [0.29, 0.717) is 6.04 Å². The van der Waals surface area contributed by atoms with Crippen molar-refractivity contribution >= 4 is 5.91 Å². The van der Waals surface area contributed by atoms with Gasteiger partial charge in [-0.15, -0.1) is 0 Å². The van der Waals surface area contributed by atoms with Gasteiger partial charge in [-0.1, -0.05) is 18.2 Å². The number of carbonyl (C=O) groups is 1. The highest BCUT2D eigenvalue weighted by Gasteiger charge is 2.25. The number of nitrogens with zero attached hydrogens (tertiary/aromatic N) is 4. The molecule has 1 fully saturated rings. The second-order valence-corrected chi connectivity index (χ2v) is 6.05. The van der Waals surface area contributed by atoms with E-state index in [1.54, 1.807) is 6.33 Å². The number of piperidine rings is 1. The summed E-state index contributed by atoms with van der Waals surface area (Å²) in [5.74, 6) is 0.142. The summed E-state index contributed by atoms with van der Waals surface area (Å²) in [6.07, 6.45) is 7.28. The molecule has 0 atom stereocenters. The van der Waals surface area contributed by atoms with Crippen LogP contribution in [0.2, 0.25) is 0 Å². The first-order valence-corrected chi connectivity index (χ1v) is 8.02. The molecule has 0 spiro atoms.